The summed E-state index contributed by atoms with van der Waals surface area (Å²) >= 11 is 0. The van der Waals surface area contributed by atoms with Gasteiger partial charge in [0, 0.05) is 0 Å². The molecule has 4 rings (SSSR count). The number of halogens is 2. The molecule has 10 heteroatoms. The number of methoxy groups -OCH3 is 1. The molecule has 0 saturated heterocycles. The summed E-state index contributed by atoms with van der Waals surface area (Å²) in [7, 11) is 1.58. The lowest BCUT2D eigenvalue weighted by molar-refractivity contribution is -0.0497. The number of alkyl halides is 2. The van der Waals surface area contributed by atoms with Gasteiger partial charge in [-0.3, -0.25) is 0 Å². The monoisotopic (exact) mass is 469 g/mol. The van der Waals surface area contributed by atoms with Crippen molar-refractivity contribution >= 4 is 16.7 Å². The molecule has 176 valence electrons. The van der Waals surface area contributed by atoms with Crippen molar-refractivity contribution in [2.24, 2.45) is 0 Å². The quantitative estimate of drug-likeness (QED) is 0.317. The van der Waals surface area contributed by atoms with Crippen LogP contribution in [-0.2, 0) is 11.3 Å². The second kappa shape index (κ2) is 10.2. The third-order valence-corrected chi connectivity index (χ3v) is 4.87. The molecule has 0 unspecified atom stereocenters. The summed E-state index contributed by atoms with van der Waals surface area (Å²) in [5.41, 5.74) is 0.826. The second-order valence-electron chi connectivity index (χ2n) is 7.12. The molecule has 0 aliphatic rings. The Balaban J connectivity index is 1.64. The van der Waals surface area contributed by atoms with E-state index in [9.17, 15) is 13.6 Å². The van der Waals surface area contributed by atoms with Gasteiger partial charge in [-0.15, -0.1) is 5.10 Å². The van der Waals surface area contributed by atoms with Crippen LogP contribution in [-0.4, -0.2) is 41.3 Å². The van der Waals surface area contributed by atoms with Gasteiger partial charge in [-0.25, -0.2) is 9.48 Å². The minimum absolute atomic E-state index is 0.0579. The van der Waals surface area contributed by atoms with Gasteiger partial charge in [0.25, 0.3) is 5.88 Å². The highest BCUT2D eigenvalue weighted by Gasteiger charge is 2.23. The van der Waals surface area contributed by atoms with Crippen LogP contribution in [0.3, 0.4) is 0 Å². The van der Waals surface area contributed by atoms with E-state index in [4.69, 9.17) is 14.2 Å². The number of rotatable bonds is 9. The van der Waals surface area contributed by atoms with E-state index in [1.807, 2.05) is 24.3 Å². The Bertz CT molecular complexity index is 1290. The number of ether oxygens (including phenoxy) is 4. The molecule has 1 aromatic heterocycles. The van der Waals surface area contributed by atoms with E-state index in [2.05, 4.69) is 15.0 Å². The molecule has 0 amide bonds. The number of hydrogen-bond donors (Lipinski definition) is 0. The first-order valence-electron chi connectivity index (χ1n) is 10.4. The molecule has 4 aromatic rings. The van der Waals surface area contributed by atoms with Crippen molar-refractivity contribution in [3.8, 4) is 23.1 Å². The van der Waals surface area contributed by atoms with Crippen molar-refractivity contribution in [1.29, 1.82) is 0 Å². The lowest BCUT2D eigenvalue weighted by atomic mass is 10.1. The van der Waals surface area contributed by atoms with E-state index in [1.54, 1.807) is 38.3 Å². The van der Waals surface area contributed by atoms with Gasteiger partial charge in [-0.1, -0.05) is 29.5 Å². The van der Waals surface area contributed by atoms with Crippen molar-refractivity contribution in [2.75, 3.05) is 13.7 Å². The van der Waals surface area contributed by atoms with Crippen LogP contribution in [0.1, 0.15) is 23.0 Å². The number of benzene rings is 3. The Morgan fingerprint density at radius 3 is 2.26 bits per heavy atom. The second-order valence-corrected chi connectivity index (χ2v) is 7.12. The molecule has 0 aliphatic heterocycles. The number of esters is 1. The van der Waals surface area contributed by atoms with E-state index < -0.39 is 12.6 Å². The predicted octanol–water partition coefficient (Wildman–Crippen LogP) is 5.06. The standard InChI is InChI=1S/C24H21F2N3O5/c1-3-32-23(30)21-22(29(28-27-21)14-15-4-8-18(31-2)9-5-15)33-19-10-6-17-13-20(34-24(25)26)11-7-16(17)12-19/h4-13,24H,3,14H2,1-2H3. The first-order valence-corrected chi connectivity index (χ1v) is 10.4. The summed E-state index contributed by atoms with van der Waals surface area (Å²) in [6.07, 6.45) is 0. The summed E-state index contributed by atoms with van der Waals surface area (Å²) in [5.74, 6) is 0.630. The molecule has 0 saturated carbocycles. The normalized spacial score (nSPS) is 11.0. The molecule has 8 nitrogen and oxygen atoms in total. The number of carbonyl (C=O) groups excluding carboxylic acids is 1. The van der Waals surface area contributed by atoms with E-state index in [1.165, 1.54) is 16.8 Å². The summed E-state index contributed by atoms with van der Waals surface area (Å²) in [6, 6.07) is 17.0. The fourth-order valence-electron chi connectivity index (χ4n) is 3.29. The summed E-state index contributed by atoms with van der Waals surface area (Å²) in [5, 5.41) is 9.45. The maximum Gasteiger partial charge on any atom is 0.387 e. The largest absolute Gasteiger partial charge is 0.497 e. The molecule has 0 radical (unpaired) electrons. The third-order valence-electron chi connectivity index (χ3n) is 4.87. The lowest BCUT2D eigenvalue weighted by Gasteiger charge is -2.11. The van der Waals surface area contributed by atoms with Crippen LogP contribution < -0.4 is 14.2 Å². The minimum Gasteiger partial charge on any atom is -0.497 e. The molecule has 0 atom stereocenters. The van der Waals surface area contributed by atoms with Crippen LogP contribution in [0, 0.1) is 0 Å². The Hall–Kier alpha value is -4.21. The van der Waals surface area contributed by atoms with Crippen molar-refractivity contribution in [1.82, 2.24) is 15.0 Å². The van der Waals surface area contributed by atoms with E-state index in [0.717, 1.165) is 10.9 Å². The average molecular weight is 469 g/mol. The Morgan fingerprint density at radius 1 is 0.971 bits per heavy atom. The highest BCUT2D eigenvalue weighted by Crippen LogP contribution is 2.30. The highest BCUT2D eigenvalue weighted by atomic mass is 19.3. The van der Waals surface area contributed by atoms with Crippen molar-refractivity contribution in [3.05, 3.63) is 71.9 Å². The van der Waals surface area contributed by atoms with Gasteiger partial charge < -0.3 is 18.9 Å². The van der Waals surface area contributed by atoms with Crippen LogP contribution >= 0.6 is 0 Å². The number of fused-ring (bicyclic) bond motifs is 1. The van der Waals surface area contributed by atoms with Gasteiger partial charge in [0.2, 0.25) is 5.69 Å². The summed E-state index contributed by atoms with van der Waals surface area (Å²) in [4.78, 5) is 12.4. The minimum atomic E-state index is -2.90. The molecule has 0 aliphatic carbocycles. The van der Waals surface area contributed by atoms with Crippen molar-refractivity contribution in [3.63, 3.8) is 0 Å². The lowest BCUT2D eigenvalue weighted by Crippen LogP contribution is -2.09. The van der Waals surface area contributed by atoms with Gasteiger partial charge in [0.15, 0.2) is 0 Å². The van der Waals surface area contributed by atoms with Crippen molar-refractivity contribution in [2.45, 2.75) is 20.1 Å². The molecule has 0 fully saturated rings. The first kappa shape index (κ1) is 23.0. The first-order chi connectivity index (χ1) is 16.5. The Labute approximate surface area is 193 Å². The van der Waals surface area contributed by atoms with Crippen LogP contribution in [0.15, 0.2) is 60.7 Å². The number of hydrogen-bond acceptors (Lipinski definition) is 7. The fourth-order valence-corrected chi connectivity index (χ4v) is 3.29. The molecular formula is C24H21F2N3O5. The fraction of sp³-hybridized carbons (Fsp3) is 0.208. The van der Waals surface area contributed by atoms with Gasteiger partial charge in [-0.2, -0.15) is 8.78 Å². The number of nitrogens with zero attached hydrogens (tertiary/aromatic N) is 3. The zero-order valence-electron chi connectivity index (χ0n) is 18.4. The third kappa shape index (κ3) is 5.22. The van der Waals surface area contributed by atoms with Gasteiger partial charge in [0.05, 0.1) is 20.3 Å². The van der Waals surface area contributed by atoms with E-state index >= 15 is 0 Å². The summed E-state index contributed by atoms with van der Waals surface area (Å²) in [6.45, 7) is -0.758. The van der Waals surface area contributed by atoms with Crippen molar-refractivity contribution < 1.29 is 32.5 Å². The van der Waals surface area contributed by atoms with Gasteiger partial charge in [0.1, 0.15) is 17.2 Å². The maximum atomic E-state index is 12.5. The van der Waals surface area contributed by atoms with Crippen LogP contribution in [0.4, 0.5) is 8.78 Å². The van der Waals surface area contributed by atoms with Crippen LogP contribution in [0.5, 0.6) is 23.1 Å². The maximum absolute atomic E-state index is 12.5. The molecule has 1 heterocycles. The van der Waals surface area contributed by atoms with Crippen LogP contribution in [0.2, 0.25) is 0 Å². The van der Waals surface area contributed by atoms with Crippen LogP contribution in [0.25, 0.3) is 10.8 Å². The molecule has 0 N–H and O–H groups in total. The Kier molecular flexibility index (Phi) is 6.86. The molecular weight excluding hydrogens is 448 g/mol. The topological polar surface area (TPSA) is 84.7 Å². The SMILES string of the molecule is CCOC(=O)c1nnn(Cc2ccc(OC)cc2)c1Oc1ccc2cc(OC(F)F)ccc2c1. The zero-order chi connectivity index (χ0) is 24.1. The summed E-state index contributed by atoms with van der Waals surface area (Å²) < 4.78 is 47.2. The zero-order valence-corrected chi connectivity index (χ0v) is 18.4. The molecule has 34 heavy (non-hydrogen) atoms. The van der Waals surface area contributed by atoms with Gasteiger partial charge in [-0.05, 0) is 59.7 Å². The predicted molar refractivity (Wildman–Crippen MR) is 119 cm³/mol. The Morgan fingerprint density at radius 2 is 1.62 bits per heavy atom. The smallest absolute Gasteiger partial charge is 0.387 e. The average Bonchev–Trinajstić information content (AvgIpc) is 3.21. The van der Waals surface area contributed by atoms with E-state index in [0.29, 0.717) is 16.9 Å². The molecule has 3 aromatic carbocycles. The van der Waals surface area contributed by atoms with Gasteiger partial charge >= 0.3 is 12.6 Å². The number of aromatic nitrogens is 3. The molecule has 0 bridgehead atoms. The number of carbonyl (C=O) groups is 1. The molecule has 0 spiro atoms. The van der Waals surface area contributed by atoms with E-state index in [-0.39, 0.29) is 30.5 Å². The highest BCUT2D eigenvalue weighted by molar-refractivity contribution is 5.90.